The number of aromatic nitrogens is 2. The molecule has 2 aromatic rings. The minimum absolute atomic E-state index is 0.372. The van der Waals surface area contributed by atoms with Crippen molar-refractivity contribution in [1.29, 1.82) is 0 Å². The Morgan fingerprint density at radius 2 is 2.25 bits per heavy atom. The van der Waals surface area contributed by atoms with Crippen LogP contribution in [0.2, 0.25) is 5.15 Å². The summed E-state index contributed by atoms with van der Waals surface area (Å²) in [6.07, 6.45) is 0. The van der Waals surface area contributed by atoms with E-state index in [4.69, 9.17) is 16.3 Å². The summed E-state index contributed by atoms with van der Waals surface area (Å²) in [4.78, 5) is 9.73. The number of nitrogens with zero attached hydrogens (tertiary/aromatic N) is 2. The molecule has 5 heteroatoms. The van der Waals surface area contributed by atoms with E-state index in [1.54, 1.807) is 24.5 Å². The molecule has 0 aliphatic carbocycles. The maximum Gasteiger partial charge on any atom is 0.156 e. The van der Waals surface area contributed by atoms with E-state index in [0.717, 1.165) is 11.3 Å². The Hall–Kier alpha value is -0.970. The first-order valence-electron chi connectivity index (χ1n) is 4.77. The van der Waals surface area contributed by atoms with Crippen LogP contribution >= 0.6 is 22.9 Å². The normalized spacial score (nSPS) is 10.7. The van der Waals surface area contributed by atoms with Crippen LogP contribution in [0.25, 0.3) is 11.3 Å². The Labute approximate surface area is 103 Å². The van der Waals surface area contributed by atoms with E-state index in [1.807, 2.05) is 11.4 Å². The first-order chi connectivity index (χ1) is 7.70. The molecule has 0 radical (unpaired) electrons. The standard InChI is InChI=1S/C11H11ClN2OS/c1-7-8(3-4-16-7)9-5-10(12)14-11(13-9)6-15-2/h3-5H,6H2,1-2H3. The minimum atomic E-state index is 0.372. The third-order valence-electron chi connectivity index (χ3n) is 2.15. The lowest BCUT2D eigenvalue weighted by atomic mass is 10.2. The number of ether oxygens (including phenoxy) is 1. The number of methoxy groups -OCH3 is 1. The van der Waals surface area contributed by atoms with Crippen molar-refractivity contribution in [2.45, 2.75) is 13.5 Å². The van der Waals surface area contributed by atoms with Crippen molar-refractivity contribution in [2.75, 3.05) is 7.11 Å². The molecule has 0 aliphatic rings. The van der Waals surface area contributed by atoms with Crippen molar-refractivity contribution in [3.05, 3.63) is 33.4 Å². The molecule has 0 saturated heterocycles. The maximum atomic E-state index is 5.95. The van der Waals surface area contributed by atoms with Gasteiger partial charge in [-0.3, -0.25) is 0 Å². The van der Waals surface area contributed by atoms with Crippen molar-refractivity contribution in [2.24, 2.45) is 0 Å². The molecule has 0 aromatic carbocycles. The number of halogens is 1. The molecule has 0 spiro atoms. The molecular formula is C11H11ClN2OS. The molecule has 0 saturated carbocycles. The van der Waals surface area contributed by atoms with Crippen molar-refractivity contribution in [3.8, 4) is 11.3 Å². The zero-order chi connectivity index (χ0) is 11.5. The van der Waals surface area contributed by atoms with Gasteiger partial charge < -0.3 is 4.74 Å². The molecule has 0 unspecified atom stereocenters. The van der Waals surface area contributed by atoms with Gasteiger partial charge >= 0.3 is 0 Å². The number of thiophene rings is 1. The molecule has 0 aliphatic heterocycles. The van der Waals surface area contributed by atoms with Crippen LogP contribution in [0, 0.1) is 6.92 Å². The quantitative estimate of drug-likeness (QED) is 0.789. The zero-order valence-electron chi connectivity index (χ0n) is 9.03. The van der Waals surface area contributed by atoms with Crippen LogP contribution in [-0.2, 0) is 11.3 Å². The van der Waals surface area contributed by atoms with Crippen molar-refractivity contribution >= 4 is 22.9 Å². The first-order valence-corrected chi connectivity index (χ1v) is 6.03. The Balaban J connectivity index is 2.45. The number of aryl methyl sites for hydroxylation is 1. The highest BCUT2D eigenvalue weighted by molar-refractivity contribution is 7.10. The molecule has 0 amide bonds. The topological polar surface area (TPSA) is 35.0 Å². The van der Waals surface area contributed by atoms with Crippen LogP contribution in [0.15, 0.2) is 17.5 Å². The summed E-state index contributed by atoms with van der Waals surface area (Å²) in [5.41, 5.74) is 1.96. The SMILES string of the molecule is COCc1nc(Cl)cc(-c2ccsc2C)n1. The van der Waals surface area contributed by atoms with Gasteiger partial charge in [-0.25, -0.2) is 9.97 Å². The Morgan fingerprint density at radius 1 is 1.44 bits per heavy atom. The third kappa shape index (κ3) is 2.40. The minimum Gasteiger partial charge on any atom is -0.377 e. The van der Waals surface area contributed by atoms with Gasteiger partial charge in [0.25, 0.3) is 0 Å². The highest BCUT2D eigenvalue weighted by Crippen LogP contribution is 2.27. The van der Waals surface area contributed by atoms with Gasteiger partial charge in [-0.05, 0) is 18.4 Å². The van der Waals surface area contributed by atoms with E-state index in [1.165, 1.54) is 4.88 Å². The molecule has 2 rings (SSSR count). The second kappa shape index (κ2) is 4.91. The van der Waals surface area contributed by atoms with Crippen LogP contribution in [0.5, 0.6) is 0 Å². The maximum absolute atomic E-state index is 5.95. The number of rotatable bonds is 3. The van der Waals surface area contributed by atoms with Crippen LogP contribution < -0.4 is 0 Å². The summed E-state index contributed by atoms with van der Waals surface area (Å²) >= 11 is 7.64. The van der Waals surface area contributed by atoms with Crippen LogP contribution in [0.1, 0.15) is 10.7 Å². The van der Waals surface area contributed by atoms with E-state index >= 15 is 0 Å². The van der Waals surface area contributed by atoms with E-state index in [0.29, 0.717) is 17.6 Å². The predicted molar refractivity (Wildman–Crippen MR) is 65.8 cm³/mol. The lowest BCUT2D eigenvalue weighted by Gasteiger charge is -2.04. The van der Waals surface area contributed by atoms with Gasteiger partial charge in [0.15, 0.2) is 5.82 Å². The molecule has 16 heavy (non-hydrogen) atoms. The highest BCUT2D eigenvalue weighted by atomic mass is 35.5. The number of hydrogen-bond acceptors (Lipinski definition) is 4. The highest BCUT2D eigenvalue weighted by Gasteiger charge is 2.08. The fourth-order valence-electron chi connectivity index (χ4n) is 1.45. The van der Waals surface area contributed by atoms with Crippen molar-refractivity contribution < 1.29 is 4.74 Å². The van der Waals surface area contributed by atoms with Gasteiger partial charge in [0.1, 0.15) is 11.8 Å². The molecule has 84 valence electrons. The average Bonchev–Trinajstić information content (AvgIpc) is 2.64. The molecular weight excluding hydrogens is 244 g/mol. The van der Waals surface area contributed by atoms with E-state index < -0.39 is 0 Å². The van der Waals surface area contributed by atoms with Crippen LogP contribution in [-0.4, -0.2) is 17.1 Å². The van der Waals surface area contributed by atoms with Crippen molar-refractivity contribution in [1.82, 2.24) is 9.97 Å². The third-order valence-corrected chi connectivity index (χ3v) is 3.19. The second-order valence-electron chi connectivity index (χ2n) is 3.32. The molecule has 0 atom stereocenters. The smallest absolute Gasteiger partial charge is 0.156 e. The molecule has 0 fully saturated rings. The summed E-state index contributed by atoms with van der Waals surface area (Å²) in [7, 11) is 1.61. The molecule has 0 N–H and O–H groups in total. The first kappa shape index (κ1) is 11.5. The van der Waals surface area contributed by atoms with Gasteiger partial charge in [-0.1, -0.05) is 11.6 Å². The van der Waals surface area contributed by atoms with E-state index in [9.17, 15) is 0 Å². The van der Waals surface area contributed by atoms with Gasteiger partial charge in [0.2, 0.25) is 0 Å². The lowest BCUT2D eigenvalue weighted by molar-refractivity contribution is 0.178. The molecule has 2 heterocycles. The lowest BCUT2D eigenvalue weighted by Crippen LogP contribution is -1.98. The van der Waals surface area contributed by atoms with E-state index in [-0.39, 0.29) is 0 Å². The molecule has 0 bridgehead atoms. The Kier molecular flexibility index (Phi) is 3.53. The van der Waals surface area contributed by atoms with E-state index in [2.05, 4.69) is 16.9 Å². The van der Waals surface area contributed by atoms with Gasteiger partial charge in [-0.15, -0.1) is 11.3 Å². The fourth-order valence-corrected chi connectivity index (χ4v) is 2.36. The summed E-state index contributed by atoms with van der Waals surface area (Å²) in [6.45, 7) is 2.43. The zero-order valence-corrected chi connectivity index (χ0v) is 10.6. The van der Waals surface area contributed by atoms with Gasteiger partial charge in [0, 0.05) is 23.6 Å². The van der Waals surface area contributed by atoms with Gasteiger partial charge in [-0.2, -0.15) is 0 Å². The van der Waals surface area contributed by atoms with Crippen molar-refractivity contribution in [3.63, 3.8) is 0 Å². The van der Waals surface area contributed by atoms with Crippen LogP contribution in [0.3, 0.4) is 0 Å². The van der Waals surface area contributed by atoms with Crippen LogP contribution in [0.4, 0.5) is 0 Å². The largest absolute Gasteiger partial charge is 0.377 e. The molecule has 2 aromatic heterocycles. The Morgan fingerprint density at radius 3 is 2.88 bits per heavy atom. The fraction of sp³-hybridized carbons (Fsp3) is 0.273. The Bertz CT molecular complexity index is 498. The number of hydrogen-bond donors (Lipinski definition) is 0. The summed E-state index contributed by atoms with van der Waals surface area (Å²) in [5, 5.41) is 2.49. The predicted octanol–water partition coefficient (Wildman–Crippen LogP) is 3.31. The monoisotopic (exact) mass is 254 g/mol. The summed E-state index contributed by atoms with van der Waals surface area (Å²) < 4.78 is 5.00. The molecule has 3 nitrogen and oxygen atoms in total. The second-order valence-corrected chi connectivity index (χ2v) is 4.82. The average molecular weight is 255 g/mol. The van der Waals surface area contributed by atoms with Gasteiger partial charge in [0.05, 0.1) is 5.69 Å². The summed E-state index contributed by atoms with van der Waals surface area (Å²) in [6, 6.07) is 3.81. The summed E-state index contributed by atoms with van der Waals surface area (Å²) in [5.74, 6) is 0.607.